The Morgan fingerprint density at radius 3 is 2.62 bits per heavy atom. The normalized spacial score (nSPS) is 12.1. The van der Waals surface area contributed by atoms with Crippen molar-refractivity contribution in [2.45, 2.75) is 38.2 Å². The van der Waals surface area contributed by atoms with Gasteiger partial charge in [0.2, 0.25) is 0 Å². The second-order valence-corrected chi connectivity index (χ2v) is 7.39. The Kier molecular flexibility index (Phi) is 6.44. The van der Waals surface area contributed by atoms with E-state index in [-0.39, 0.29) is 12.6 Å². The van der Waals surface area contributed by atoms with Crippen LogP contribution in [0.15, 0.2) is 23.1 Å². The number of methoxy groups -OCH3 is 1. The van der Waals surface area contributed by atoms with Crippen LogP contribution in [-0.2, 0) is 9.53 Å². The van der Waals surface area contributed by atoms with Gasteiger partial charge in [0.05, 0.1) is 16.1 Å². The Bertz CT molecular complexity index is 853. The zero-order valence-corrected chi connectivity index (χ0v) is 16.9. The molecule has 0 unspecified atom stereocenters. The van der Waals surface area contributed by atoms with Crippen LogP contribution < -0.4 is 4.74 Å². The van der Waals surface area contributed by atoms with E-state index in [9.17, 15) is 9.90 Å². The first-order valence-corrected chi connectivity index (χ1v) is 9.47. The number of thioether (sulfide) groups is 1. The number of hydrogen-bond acceptors (Lipinski definition) is 6. The van der Waals surface area contributed by atoms with Crippen molar-refractivity contribution in [1.82, 2.24) is 4.98 Å². The van der Waals surface area contributed by atoms with Gasteiger partial charge in [-0.1, -0.05) is 6.07 Å². The van der Waals surface area contributed by atoms with Crippen molar-refractivity contribution in [3.8, 4) is 5.75 Å². The van der Waals surface area contributed by atoms with Crippen LogP contribution in [0.3, 0.4) is 0 Å². The molecule has 0 saturated heterocycles. The summed E-state index contributed by atoms with van der Waals surface area (Å²) in [4.78, 5) is 17.6. The predicted molar refractivity (Wildman–Crippen MR) is 106 cm³/mol. The van der Waals surface area contributed by atoms with Crippen LogP contribution in [0.1, 0.15) is 30.7 Å². The van der Waals surface area contributed by atoms with Gasteiger partial charge in [-0.05, 0) is 63.3 Å². The summed E-state index contributed by atoms with van der Waals surface area (Å²) in [5.41, 5.74) is 2.21. The lowest BCUT2D eigenvalue weighted by atomic mass is 10.0. The van der Waals surface area contributed by atoms with E-state index in [1.165, 1.54) is 31.7 Å². The van der Waals surface area contributed by atoms with Gasteiger partial charge in [0.25, 0.3) is 0 Å². The maximum Gasteiger partial charge on any atom is 0.188 e. The Labute approximate surface area is 158 Å². The Balaban J connectivity index is 2.70. The molecule has 26 heavy (non-hydrogen) atoms. The van der Waals surface area contributed by atoms with E-state index >= 15 is 0 Å². The topological polar surface area (TPSA) is 68.7 Å². The van der Waals surface area contributed by atoms with Gasteiger partial charge in [0.15, 0.2) is 12.6 Å². The average Bonchev–Trinajstić information content (AvgIpc) is 2.59. The maximum absolute atomic E-state index is 12.1. The Morgan fingerprint density at radius 1 is 1.35 bits per heavy atom. The number of benzene rings is 1. The monoisotopic (exact) mass is 375 g/mol. The van der Waals surface area contributed by atoms with Crippen molar-refractivity contribution < 1.29 is 19.4 Å². The average molecular weight is 375 g/mol. The summed E-state index contributed by atoms with van der Waals surface area (Å²) >= 11 is 1.49. The number of aliphatic hydroxyl groups is 1. The summed E-state index contributed by atoms with van der Waals surface area (Å²) < 4.78 is 10.9. The first kappa shape index (κ1) is 20.4. The molecule has 0 aliphatic heterocycles. The molecule has 1 heterocycles. The van der Waals surface area contributed by atoms with E-state index in [4.69, 9.17) is 14.5 Å². The van der Waals surface area contributed by atoms with Crippen LogP contribution in [-0.4, -0.2) is 41.6 Å². The van der Waals surface area contributed by atoms with E-state index in [1.807, 2.05) is 32.2 Å². The van der Waals surface area contributed by atoms with Gasteiger partial charge >= 0.3 is 0 Å². The highest BCUT2D eigenvalue weighted by molar-refractivity contribution is 7.98. The largest absolute Gasteiger partial charge is 0.466 e. The number of hydrogen-bond donors (Lipinski definition) is 1. The number of ketones is 1. The van der Waals surface area contributed by atoms with Crippen LogP contribution in [0.4, 0.5) is 0 Å². The van der Waals surface area contributed by atoms with Crippen LogP contribution in [0.5, 0.6) is 5.75 Å². The van der Waals surface area contributed by atoms with Crippen LogP contribution >= 0.6 is 11.8 Å². The first-order valence-electron chi connectivity index (χ1n) is 8.25. The van der Waals surface area contributed by atoms with Crippen LogP contribution in [0, 0.1) is 13.8 Å². The quantitative estimate of drug-likeness (QED) is 0.450. The molecule has 0 spiro atoms. The van der Waals surface area contributed by atoms with Gasteiger partial charge in [0, 0.05) is 12.5 Å². The lowest BCUT2D eigenvalue weighted by Gasteiger charge is -2.17. The number of fused-ring (bicyclic) bond motifs is 1. The number of carbonyl (C=O) groups is 1. The first-order chi connectivity index (χ1) is 12.2. The fourth-order valence-corrected chi connectivity index (χ4v) is 3.15. The van der Waals surface area contributed by atoms with Gasteiger partial charge in [-0.2, -0.15) is 0 Å². The Morgan fingerprint density at radius 2 is 2.04 bits per heavy atom. The molecule has 0 bridgehead atoms. The molecular weight excluding hydrogens is 350 g/mol. The molecule has 0 fully saturated rings. The number of pyridine rings is 1. The third-order valence-electron chi connectivity index (χ3n) is 4.14. The summed E-state index contributed by atoms with van der Waals surface area (Å²) in [6.07, 6.45) is 4.92. The molecule has 0 amide bonds. The highest BCUT2D eigenvalue weighted by atomic mass is 32.2. The minimum absolute atomic E-state index is 0.116. The summed E-state index contributed by atoms with van der Waals surface area (Å²) in [7, 11) is 1.57. The minimum atomic E-state index is -1.42. The maximum atomic E-state index is 12.1. The van der Waals surface area contributed by atoms with E-state index in [0.717, 1.165) is 26.9 Å². The van der Waals surface area contributed by atoms with Gasteiger partial charge in [0.1, 0.15) is 11.4 Å². The highest BCUT2D eigenvalue weighted by Crippen LogP contribution is 2.39. The lowest BCUT2D eigenvalue weighted by Crippen LogP contribution is -2.29. The highest BCUT2D eigenvalue weighted by Gasteiger charge is 2.22. The standard InChI is InChI=1S/C20H25NO4S/c1-12-7-8-14-17(13(12)2)21-15(9-10-16(22)20(3,4)23)19(26-6)18(14)25-11-24-5/h7-10,23H,11H2,1-6H3. The van der Waals surface area contributed by atoms with Crippen LogP contribution in [0.2, 0.25) is 0 Å². The second-order valence-electron chi connectivity index (χ2n) is 6.57. The second kappa shape index (κ2) is 8.20. The fraction of sp³-hybridized carbons (Fsp3) is 0.400. The molecule has 0 aliphatic rings. The molecule has 140 valence electrons. The van der Waals surface area contributed by atoms with Crippen molar-refractivity contribution in [2.75, 3.05) is 20.2 Å². The molecule has 1 N–H and O–H groups in total. The van der Waals surface area contributed by atoms with E-state index < -0.39 is 5.60 Å². The zero-order chi connectivity index (χ0) is 19.5. The van der Waals surface area contributed by atoms with Crippen molar-refractivity contribution >= 4 is 34.5 Å². The number of ether oxygens (including phenoxy) is 2. The molecule has 1 aromatic heterocycles. The van der Waals surface area contributed by atoms with E-state index in [2.05, 4.69) is 0 Å². The number of aryl methyl sites for hydroxylation is 2. The minimum Gasteiger partial charge on any atom is -0.466 e. The van der Waals surface area contributed by atoms with E-state index in [0.29, 0.717) is 11.4 Å². The number of aromatic nitrogens is 1. The molecule has 0 saturated carbocycles. The predicted octanol–water partition coefficient (Wildman–Crippen LogP) is 3.91. The van der Waals surface area contributed by atoms with Crippen molar-refractivity contribution in [3.05, 3.63) is 35.0 Å². The molecule has 2 rings (SSSR count). The Hall–Kier alpha value is -1.89. The van der Waals surface area contributed by atoms with Crippen molar-refractivity contribution in [1.29, 1.82) is 0 Å². The molecule has 2 aromatic rings. The molecule has 5 nitrogen and oxygen atoms in total. The molecular formula is C20H25NO4S. The number of nitrogens with zero attached hydrogens (tertiary/aromatic N) is 1. The summed E-state index contributed by atoms with van der Waals surface area (Å²) in [6.45, 7) is 7.08. The number of rotatable bonds is 7. The lowest BCUT2D eigenvalue weighted by molar-refractivity contribution is -0.128. The zero-order valence-electron chi connectivity index (χ0n) is 16.0. The smallest absolute Gasteiger partial charge is 0.188 e. The molecule has 0 atom stereocenters. The summed E-state index contributed by atoms with van der Waals surface area (Å²) in [5, 5.41) is 10.7. The SMILES string of the molecule is COCOc1c(SC)c(C=CC(=O)C(C)(C)O)nc2c(C)c(C)ccc12. The molecule has 1 aromatic carbocycles. The van der Waals surface area contributed by atoms with Gasteiger partial charge in [-0.15, -0.1) is 11.8 Å². The fourth-order valence-electron chi connectivity index (χ4n) is 2.47. The van der Waals surface area contributed by atoms with Gasteiger partial charge in [-0.3, -0.25) is 4.79 Å². The van der Waals surface area contributed by atoms with Crippen molar-refractivity contribution in [3.63, 3.8) is 0 Å². The third kappa shape index (κ3) is 4.26. The molecule has 0 radical (unpaired) electrons. The molecule has 6 heteroatoms. The van der Waals surface area contributed by atoms with Gasteiger partial charge in [-0.25, -0.2) is 4.98 Å². The van der Waals surface area contributed by atoms with Gasteiger partial charge < -0.3 is 14.6 Å². The van der Waals surface area contributed by atoms with E-state index in [1.54, 1.807) is 13.2 Å². The van der Waals surface area contributed by atoms with Crippen LogP contribution in [0.25, 0.3) is 17.0 Å². The molecule has 0 aliphatic carbocycles. The summed E-state index contributed by atoms with van der Waals surface area (Å²) in [5.74, 6) is 0.301. The third-order valence-corrected chi connectivity index (χ3v) is 4.94. The number of carbonyl (C=O) groups excluding carboxylic acids is 1. The van der Waals surface area contributed by atoms with Crippen molar-refractivity contribution in [2.24, 2.45) is 0 Å². The summed E-state index contributed by atoms with van der Waals surface area (Å²) in [6, 6.07) is 4.03.